The van der Waals surface area contributed by atoms with E-state index in [4.69, 9.17) is 5.73 Å². The van der Waals surface area contributed by atoms with E-state index < -0.39 is 0 Å². The second kappa shape index (κ2) is 4.61. The number of carbonyl (C=O) groups is 1. The second-order valence-corrected chi connectivity index (χ2v) is 5.26. The van der Waals surface area contributed by atoms with Crippen LogP contribution in [-0.2, 0) is 11.2 Å². The van der Waals surface area contributed by atoms with E-state index in [0.717, 1.165) is 48.9 Å². The van der Waals surface area contributed by atoms with Gasteiger partial charge in [0.15, 0.2) is 0 Å². The molecular formula is C14H19N3O. The van der Waals surface area contributed by atoms with E-state index in [1.807, 2.05) is 23.1 Å². The molecule has 1 unspecified atom stereocenters. The first-order valence-electron chi connectivity index (χ1n) is 6.63. The molecule has 4 heteroatoms. The Labute approximate surface area is 107 Å². The zero-order valence-electron chi connectivity index (χ0n) is 10.5. The lowest BCUT2D eigenvalue weighted by Gasteiger charge is -2.19. The Morgan fingerprint density at radius 2 is 2.33 bits per heavy atom. The SMILES string of the molecule is Nc1ccc2c(c1)CC(=O)N2CCC1CCNC1. The molecule has 2 heterocycles. The standard InChI is InChI=1S/C14H19N3O/c15-12-1-2-13-11(7-12)8-14(18)17(13)6-4-10-3-5-16-9-10/h1-2,7,10,16H,3-6,8-9,15H2. The highest BCUT2D eigenvalue weighted by molar-refractivity contribution is 6.01. The van der Waals surface area contributed by atoms with Crippen LogP contribution in [0.2, 0.25) is 0 Å². The Hall–Kier alpha value is -1.55. The normalized spacial score (nSPS) is 22.6. The van der Waals surface area contributed by atoms with E-state index in [1.165, 1.54) is 6.42 Å². The quantitative estimate of drug-likeness (QED) is 0.786. The van der Waals surface area contributed by atoms with Crippen LogP contribution in [0.3, 0.4) is 0 Å². The third kappa shape index (κ3) is 2.08. The Morgan fingerprint density at radius 3 is 3.11 bits per heavy atom. The van der Waals surface area contributed by atoms with E-state index >= 15 is 0 Å². The molecule has 1 fully saturated rings. The molecule has 0 aromatic heterocycles. The number of fused-ring (bicyclic) bond motifs is 1. The van der Waals surface area contributed by atoms with Gasteiger partial charge in [0.1, 0.15) is 0 Å². The van der Waals surface area contributed by atoms with Crippen molar-refractivity contribution in [3.63, 3.8) is 0 Å². The van der Waals surface area contributed by atoms with Gasteiger partial charge in [0, 0.05) is 17.9 Å². The van der Waals surface area contributed by atoms with Crippen molar-refractivity contribution in [3.8, 4) is 0 Å². The van der Waals surface area contributed by atoms with Crippen LogP contribution in [0, 0.1) is 5.92 Å². The number of benzene rings is 1. The zero-order valence-corrected chi connectivity index (χ0v) is 10.5. The molecule has 1 amide bonds. The maximum absolute atomic E-state index is 12.0. The van der Waals surface area contributed by atoms with Crippen molar-refractivity contribution >= 4 is 17.3 Å². The third-order valence-corrected chi connectivity index (χ3v) is 3.96. The van der Waals surface area contributed by atoms with Gasteiger partial charge in [-0.1, -0.05) is 0 Å². The number of hydrogen-bond acceptors (Lipinski definition) is 3. The fraction of sp³-hybridized carbons (Fsp3) is 0.500. The van der Waals surface area contributed by atoms with Gasteiger partial charge in [-0.05, 0) is 55.6 Å². The molecule has 0 aliphatic carbocycles. The Kier molecular flexibility index (Phi) is 2.96. The summed E-state index contributed by atoms with van der Waals surface area (Å²) in [5.74, 6) is 0.928. The summed E-state index contributed by atoms with van der Waals surface area (Å²) in [6.45, 7) is 3.05. The molecule has 0 spiro atoms. The van der Waals surface area contributed by atoms with Crippen LogP contribution < -0.4 is 16.0 Å². The first kappa shape index (κ1) is 11.5. The van der Waals surface area contributed by atoms with Crippen molar-refractivity contribution in [1.82, 2.24) is 5.32 Å². The predicted molar refractivity (Wildman–Crippen MR) is 72.5 cm³/mol. The van der Waals surface area contributed by atoms with Crippen molar-refractivity contribution in [2.24, 2.45) is 5.92 Å². The molecule has 3 rings (SSSR count). The molecule has 3 N–H and O–H groups in total. The number of carbonyl (C=O) groups excluding carboxylic acids is 1. The van der Waals surface area contributed by atoms with Crippen molar-refractivity contribution in [1.29, 1.82) is 0 Å². The van der Waals surface area contributed by atoms with Gasteiger partial charge >= 0.3 is 0 Å². The van der Waals surface area contributed by atoms with Gasteiger partial charge in [-0.3, -0.25) is 4.79 Å². The van der Waals surface area contributed by atoms with Gasteiger partial charge in [-0.15, -0.1) is 0 Å². The molecule has 1 aromatic rings. The first-order chi connectivity index (χ1) is 8.74. The predicted octanol–water partition coefficient (Wildman–Crippen LogP) is 1.16. The number of nitrogens with two attached hydrogens (primary N) is 1. The molecule has 4 nitrogen and oxygen atoms in total. The summed E-state index contributed by atoms with van der Waals surface area (Å²) in [4.78, 5) is 13.9. The minimum Gasteiger partial charge on any atom is -0.399 e. The lowest BCUT2D eigenvalue weighted by Crippen LogP contribution is -2.29. The van der Waals surface area contributed by atoms with E-state index in [-0.39, 0.29) is 5.91 Å². The lowest BCUT2D eigenvalue weighted by molar-refractivity contribution is -0.117. The molecule has 96 valence electrons. The molecule has 1 aromatic carbocycles. The summed E-state index contributed by atoms with van der Waals surface area (Å²) in [5, 5.41) is 3.37. The van der Waals surface area contributed by atoms with E-state index in [0.29, 0.717) is 6.42 Å². The second-order valence-electron chi connectivity index (χ2n) is 5.26. The summed E-state index contributed by atoms with van der Waals surface area (Å²) < 4.78 is 0. The minimum absolute atomic E-state index is 0.210. The molecule has 0 bridgehead atoms. The first-order valence-corrected chi connectivity index (χ1v) is 6.63. The molecule has 0 saturated carbocycles. The molecule has 18 heavy (non-hydrogen) atoms. The Bertz CT molecular complexity index is 466. The topological polar surface area (TPSA) is 58.4 Å². The van der Waals surface area contributed by atoms with Gasteiger partial charge < -0.3 is 16.0 Å². The summed E-state index contributed by atoms with van der Waals surface area (Å²) in [6.07, 6.45) is 2.82. The van der Waals surface area contributed by atoms with Crippen molar-refractivity contribution in [3.05, 3.63) is 23.8 Å². The maximum atomic E-state index is 12.0. The van der Waals surface area contributed by atoms with Crippen molar-refractivity contribution < 1.29 is 4.79 Å². The van der Waals surface area contributed by atoms with E-state index in [2.05, 4.69) is 5.32 Å². The molecule has 0 radical (unpaired) electrons. The minimum atomic E-state index is 0.210. The highest BCUT2D eigenvalue weighted by Gasteiger charge is 2.27. The molecule has 1 saturated heterocycles. The molecule has 2 aliphatic heterocycles. The Balaban J connectivity index is 1.71. The summed E-state index contributed by atoms with van der Waals surface area (Å²) in [6, 6.07) is 5.77. The van der Waals surface area contributed by atoms with Gasteiger partial charge in [0.05, 0.1) is 6.42 Å². The summed E-state index contributed by atoms with van der Waals surface area (Å²) >= 11 is 0. The molecule has 2 aliphatic rings. The highest BCUT2D eigenvalue weighted by Crippen LogP contribution is 2.31. The number of nitrogens with one attached hydrogen (secondary N) is 1. The third-order valence-electron chi connectivity index (χ3n) is 3.96. The van der Waals surface area contributed by atoms with Crippen LogP contribution in [0.25, 0.3) is 0 Å². The summed E-state index contributed by atoms with van der Waals surface area (Å²) in [7, 11) is 0. The highest BCUT2D eigenvalue weighted by atomic mass is 16.2. The van der Waals surface area contributed by atoms with Crippen LogP contribution in [0.5, 0.6) is 0 Å². The monoisotopic (exact) mass is 245 g/mol. The van der Waals surface area contributed by atoms with Gasteiger partial charge in [-0.2, -0.15) is 0 Å². The fourth-order valence-electron chi connectivity index (χ4n) is 2.92. The number of nitrogen functional groups attached to an aromatic ring is 1. The number of amides is 1. The number of nitrogens with zero attached hydrogens (tertiary/aromatic N) is 1. The number of rotatable bonds is 3. The lowest BCUT2D eigenvalue weighted by atomic mass is 10.0. The maximum Gasteiger partial charge on any atom is 0.231 e. The number of hydrogen-bond donors (Lipinski definition) is 2. The smallest absolute Gasteiger partial charge is 0.231 e. The van der Waals surface area contributed by atoms with Crippen LogP contribution in [0.15, 0.2) is 18.2 Å². The van der Waals surface area contributed by atoms with Crippen LogP contribution in [0.4, 0.5) is 11.4 Å². The van der Waals surface area contributed by atoms with Crippen LogP contribution in [-0.4, -0.2) is 25.5 Å². The van der Waals surface area contributed by atoms with Gasteiger partial charge in [0.2, 0.25) is 5.91 Å². The number of anilines is 2. The Morgan fingerprint density at radius 1 is 1.44 bits per heavy atom. The van der Waals surface area contributed by atoms with Gasteiger partial charge in [0.25, 0.3) is 0 Å². The average Bonchev–Trinajstić information content (AvgIpc) is 2.93. The van der Waals surface area contributed by atoms with E-state index in [9.17, 15) is 4.79 Å². The van der Waals surface area contributed by atoms with Crippen LogP contribution in [0.1, 0.15) is 18.4 Å². The fourth-order valence-corrected chi connectivity index (χ4v) is 2.92. The van der Waals surface area contributed by atoms with Crippen molar-refractivity contribution in [2.75, 3.05) is 30.3 Å². The van der Waals surface area contributed by atoms with Crippen molar-refractivity contribution in [2.45, 2.75) is 19.3 Å². The largest absolute Gasteiger partial charge is 0.399 e. The molecule has 1 atom stereocenters. The summed E-state index contributed by atoms with van der Waals surface area (Å²) in [5.41, 5.74) is 8.63. The van der Waals surface area contributed by atoms with Crippen LogP contribution >= 0.6 is 0 Å². The zero-order chi connectivity index (χ0) is 12.5. The van der Waals surface area contributed by atoms with E-state index in [1.54, 1.807) is 0 Å². The van der Waals surface area contributed by atoms with Gasteiger partial charge in [-0.25, -0.2) is 0 Å². The molecular weight excluding hydrogens is 226 g/mol. The average molecular weight is 245 g/mol.